The summed E-state index contributed by atoms with van der Waals surface area (Å²) in [5.74, 6) is 0.0710. The van der Waals surface area contributed by atoms with E-state index in [2.05, 4.69) is 25.6 Å². The van der Waals surface area contributed by atoms with Crippen LogP contribution in [0.5, 0.6) is 6.08 Å². The first-order valence-corrected chi connectivity index (χ1v) is 10.1. The molecular weight excluding hydrogens is 455 g/mol. The number of nitrogens with zero attached hydrogens (tertiary/aromatic N) is 3. The second kappa shape index (κ2) is 9.35. The van der Waals surface area contributed by atoms with Gasteiger partial charge < -0.3 is 24.2 Å². The topological polar surface area (TPSA) is 103 Å². The fourth-order valence-corrected chi connectivity index (χ4v) is 3.54. The van der Waals surface area contributed by atoms with E-state index in [0.717, 1.165) is 5.52 Å². The molecule has 2 N–H and O–H groups in total. The standard InChI is InChI=1S/C19H19ClF3N5O4/c20-12-3-4-28-10-11(7-14(28)8-12)16(29)25-13-1-2-15(24-9-13)17-26-27-18(32-17)30-5-6-31-19(21,22)23/h3-4,7-8,10,13,15,24H,1-2,5-6,9H2,(H,25,29)/t13-,15+/m0/s1. The highest BCUT2D eigenvalue weighted by Gasteiger charge is 2.29. The van der Waals surface area contributed by atoms with Crippen molar-refractivity contribution in [2.24, 2.45) is 0 Å². The Morgan fingerprint density at radius 3 is 2.91 bits per heavy atom. The molecule has 0 saturated carbocycles. The summed E-state index contributed by atoms with van der Waals surface area (Å²) in [5, 5.41) is 14.3. The van der Waals surface area contributed by atoms with Crippen LogP contribution in [0.25, 0.3) is 5.52 Å². The van der Waals surface area contributed by atoms with Crippen molar-refractivity contribution < 1.29 is 31.9 Å². The summed E-state index contributed by atoms with van der Waals surface area (Å²) in [6.45, 7) is -0.586. The molecule has 1 aliphatic heterocycles. The van der Waals surface area contributed by atoms with E-state index >= 15 is 0 Å². The lowest BCUT2D eigenvalue weighted by molar-refractivity contribution is -0.325. The van der Waals surface area contributed by atoms with Crippen LogP contribution in [0, 0.1) is 0 Å². The smallest absolute Gasteiger partial charge is 0.447 e. The van der Waals surface area contributed by atoms with Gasteiger partial charge in [0, 0.05) is 35.5 Å². The molecule has 4 heterocycles. The first-order valence-electron chi connectivity index (χ1n) is 9.75. The third kappa shape index (κ3) is 5.69. The number of hydrogen-bond acceptors (Lipinski definition) is 7. The minimum absolute atomic E-state index is 0.0940. The van der Waals surface area contributed by atoms with Crippen molar-refractivity contribution in [2.75, 3.05) is 19.8 Å². The number of halogens is 4. The zero-order chi connectivity index (χ0) is 22.7. The number of nitrogens with one attached hydrogen (secondary N) is 2. The van der Waals surface area contributed by atoms with Crippen LogP contribution in [0.2, 0.25) is 5.02 Å². The molecule has 1 fully saturated rings. The van der Waals surface area contributed by atoms with E-state index in [1.807, 2.05) is 4.40 Å². The molecule has 13 heteroatoms. The van der Waals surface area contributed by atoms with Gasteiger partial charge in [0.15, 0.2) is 0 Å². The number of amides is 1. The minimum atomic E-state index is -4.72. The van der Waals surface area contributed by atoms with Crippen molar-refractivity contribution in [1.82, 2.24) is 25.2 Å². The fraction of sp³-hybridized carbons (Fsp3) is 0.421. The van der Waals surface area contributed by atoms with Gasteiger partial charge in [0.05, 0.1) is 18.2 Å². The second-order valence-electron chi connectivity index (χ2n) is 7.16. The molecule has 9 nitrogen and oxygen atoms in total. The van der Waals surface area contributed by atoms with Crippen molar-refractivity contribution in [3.05, 3.63) is 47.1 Å². The Hall–Kier alpha value is -2.83. The minimum Gasteiger partial charge on any atom is -0.447 e. The summed E-state index contributed by atoms with van der Waals surface area (Å²) in [7, 11) is 0. The normalized spacial score (nSPS) is 19.2. The maximum Gasteiger partial charge on any atom is 0.522 e. The van der Waals surface area contributed by atoms with Crippen LogP contribution in [0.4, 0.5) is 13.2 Å². The largest absolute Gasteiger partial charge is 0.522 e. The van der Waals surface area contributed by atoms with Gasteiger partial charge in [0.2, 0.25) is 5.89 Å². The summed E-state index contributed by atoms with van der Waals surface area (Å²) in [5.41, 5.74) is 1.35. The Kier molecular flexibility index (Phi) is 6.53. The molecule has 3 aromatic heterocycles. The lowest BCUT2D eigenvalue weighted by atomic mass is 10.0. The highest BCUT2D eigenvalue weighted by atomic mass is 35.5. The van der Waals surface area contributed by atoms with E-state index in [0.29, 0.717) is 30.0 Å². The predicted molar refractivity (Wildman–Crippen MR) is 105 cm³/mol. The maximum absolute atomic E-state index is 12.6. The third-order valence-electron chi connectivity index (χ3n) is 4.87. The molecule has 0 bridgehead atoms. The lowest BCUT2D eigenvalue weighted by Crippen LogP contribution is -2.46. The van der Waals surface area contributed by atoms with Crippen LogP contribution in [0.1, 0.15) is 35.1 Å². The van der Waals surface area contributed by atoms with E-state index in [9.17, 15) is 18.0 Å². The second-order valence-corrected chi connectivity index (χ2v) is 7.60. The van der Waals surface area contributed by atoms with Crippen molar-refractivity contribution in [3.8, 4) is 6.08 Å². The quantitative estimate of drug-likeness (QED) is 0.508. The number of carbonyl (C=O) groups excluding carboxylic acids is 1. The van der Waals surface area contributed by atoms with Gasteiger partial charge in [-0.05, 0) is 31.0 Å². The van der Waals surface area contributed by atoms with Crippen LogP contribution in [-0.2, 0) is 4.74 Å². The summed E-state index contributed by atoms with van der Waals surface area (Å²) in [4.78, 5) is 12.6. The highest BCUT2D eigenvalue weighted by molar-refractivity contribution is 6.30. The van der Waals surface area contributed by atoms with Gasteiger partial charge >= 0.3 is 12.4 Å². The number of aromatic nitrogens is 3. The average molecular weight is 474 g/mol. The van der Waals surface area contributed by atoms with E-state index in [4.69, 9.17) is 20.8 Å². The van der Waals surface area contributed by atoms with Crippen LogP contribution in [0.15, 0.2) is 35.0 Å². The van der Waals surface area contributed by atoms with Gasteiger partial charge in [-0.2, -0.15) is 0 Å². The summed E-state index contributed by atoms with van der Waals surface area (Å²) < 4.78 is 51.5. The van der Waals surface area contributed by atoms with E-state index in [-0.39, 0.29) is 36.6 Å². The van der Waals surface area contributed by atoms with Gasteiger partial charge in [0.25, 0.3) is 5.91 Å². The Labute approximate surface area is 184 Å². The highest BCUT2D eigenvalue weighted by Crippen LogP contribution is 2.24. The molecule has 1 saturated heterocycles. The van der Waals surface area contributed by atoms with E-state index < -0.39 is 13.0 Å². The fourth-order valence-electron chi connectivity index (χ4n) is 3.37. The Morgan fingerprint density at radius 2 is 2.16 bits per heavy atom. The van der Waals surface area contributed by atoms with Gasteiger partial charge in [-0.25, -0.2) is 0 Å². The molecule has 2 atom stereocenters. The number of pyridine rings is 1. The first kappa shape index (κ1) is 22.4. The van der Waals surface area contributed by atoms with E-state index in [1.165, 1.54) is 0 Å². The maximum atomic E-state index is 12.6. The zero-order valence-corrected chi connectivity index (χ0v) is 17.3. The molecule has 3 aromatic rings. The first-order chi connectivity index (χ1) is 15.3. The number of piperidine rings is 1. The molecule has 172 valence electrons. The van der Waals surface area contributed by atoms with Gasteiger partial charge in [-0.3, -0.25) is 9.53 Å². The number of fused-ring (bicyclic) bond motifs is 1. The molecule has 0 aromatic carbocycles. The van der Waals surface area contributed by atoms with Crippen LogP contribution < -0.4 is 15.4 Å². The Morgan fingerprint density at radius 1 is 1.31 bits per heavy atom. The molecule has 0 aliphatic carbocycles. The number of alkyl halides is 3. The zero-order valence-electron chi connectivity index (χ0n) is 16.6. The number of carbonyl (C=O) groups is 1. The monoisotopic (exact) mass is 473 g/mol. The molecule has 1 amide bonds. The Bertz CT molecular complexity index is 1080. The SMILES string of the molecule is O=C(N[C@H]1CC[C@H](c2nnc(OCCOC(F)(F)F)o2)NC1)c1cc2cc(Cl)ccn2c1. The van der Waals surface area contributed by atoms with Crippen LogP contribution in [-0.4, -0.2) is 52.7 Å². The van der Waals surface area contributed by atoms with E-state index in [1.54, 1.807) is 30.6 Å². The van der Waals surface area contributed by atoms with Gasteiger partial charge in [-0.15, -0.1) is 18.3 Å². The summed E-state index contributed by atoms with van der Waals surface area (Å²) >= 11 is 5.98. The molecule has 0 spiro atoms. The average Bonchev–Trinajstić information content (AvgIpc) is 3.38. The Balaban J connectivity index is 1.24. The molecule has 1 aliphatic rings. The van der Waals surface area contributed by atoms with Crippen molar-refractivity contribution in [1.29, 1.82) is 0 Å². The molecule has 0 unspecified atom stereocenters. The summed E-state index contributed by atoms with van der Waals surface area (Å²) in [6, 6.07) is 4.94. The predicted octanol–water partition coefficient (Wildman–Crippen LogP) is 3.11. The summed E-state index contributed by atoms with van der Waals surface area (Å²) in [6.07, 6.45) is -0.155. The molecule has 0 radical (unpaired) electrons. The van der Waals surface area contributed by atoms with Crippen molar-refractivity contribution >= 4 is 23.0 Å². The van der Waals surface area contributed by atoms with Gasteiger partial charge in [0.1, 0.15) is 6.61 Å². The van der Waals surface area contributed by atoms with Crippen LogP contribution >= 0.6 is 11.6 Å². The third-order valence-corrected chi connectivity index (χ3v) is 5.10. The molecule has 4 rings (SSSR count). The van der Waals surface area contributed by atoms with Gasteiger partial charge in [-0.1, -0.05) is 16.7 Å². The number of hydrogen-bond donors (Lipinski definition) is 2. The lowest BCUT2D eigenvalue weighted by Gasteiger charge is -2.28. The molecule has 32 heavy (non-hydrogen) atoms. The van der Waals surface area contributed by atoms with Crippen LogP contribution in [0.3, 0.4) is 0 Å². The van der Waals surface area contributed by atoms with Crippen molar-refractivity contribution in [3.63, 3.8) is 0 Å². The number of rotatable bonds is 7. The molecular formula is C19H19ClF3N5O4. The number of ether oxygens (including phenoxy) is 2. The van der Waals surface area contributed by atoms with Crippen molar-refractivity contribution in [2.45, 2.75) is 31.3 Å².